The van der Waals surface area contributed by atoms with E-state index in [0.717, 1.165) is 49.0 Å². The van der Waals surface area contributed by atoms with Crippen molar-refractivity contribution in [2.45, 2.75) is 95.7 Å². The highest BCUT2D eigenvalue weighted by atomic mass is 16.6. The molecule has 5 saturated carbocycles. The molecule has 6 rings (SSSR count). The minimum Gasteiger partial charge on any atom is -0.393 e. The maximum atomic E-state index is 10.2. The summed E-state index contributed by atoms with van der Waals surface area (Å²) in [5, 5.41) is 10.2. The minimum atomic E-state index is -0.00867. The molecule has 25 heavy (non-hydrogen) atoms. The van der Waals surface area contributed by atoms with E-state index in [0.29, 0.717) is 16.4 Å². The number of ether oxygens (including phenoxy) is 1. The van der Waals surface area contributed by atoms with E-state index in [1.807, 2.05) is 0 Å². The quantitative estimate of drug-likeness (QED) is 0.631. The van der Waals surface area contributed by atoms with Crippen molar-refractivity contribution in [1.29, 1.82) is 0 Å². The molecule has 2 nitrogen and oxygen atoms in total. The lowest BCUT2D eigenvalue weighted by Gasteiger charge is -2.62. The van der Waals surface area contributed by atoms with E-state index in [1.54, 1.807) is 0 Å². The van der Waals surface area contributed by atoms with E-state index in [2.05, 4.69) is 6.92 Å². The number of fused-ring (bicyclic) bond motifs is 5. The average molecular weight is 345 g/mol. The van der Waals surface area contributed by atoms with Crippen LogP contribution in [-0.2, 0) is 4.74 Å². The molecule has 0 aromatic carbocycles. The summed E-state index contributed by atoms with van der Waals surface area (Å²) in [5.74, 6) is 4.64. The standard InChI is InChI=1S/C23H36O2/c1-21-11-7-16(24)13-15(21)3-4-17-18(21)8-12-22-9-2-10-23(14-25-23)20(22)6-5-19(17)22/h15-20,24H,2-14H2,1H3/t15-,16+,17+,18-,19-,20-,21-,22+,23-/m0/s1. The Hall–Kier alpha value is -0.0800. The fourth-order valence-corrected chi connectivity index (χ4v) is 9.65. The van der Waals surface area contributed by atoms with Gasteiger partial charge in [-0.1, -0.05) is 6.92 Å². The van der Waals surface area contributed by atoms with Gasteiger partial charge >= 0.3 is 0 Å². The number of hydrogen-bond donors (Lipinski definition) is 1. The van der Waals surface area contributed by atoms with E-state index in [1.165, 1.54) is 64.2 Å². The molecule has 1 N–H and O–H groups in total. The lowest BCUT2D eigenvalue weighted by Crippen LogP contribution is -2.56. The molecular formula is C23H36O2. The molecule has 0 unspecified atom stereocenters. The van der Waals surface area contributed by atoms with Crippen LogP contribution in [0.4, 0.5) is 0 Å². The van der Waals surface area contributed by atoms with Crippen molar-refractivity contribution in [3.05, 3.63) is 0 Å². The van der Waals surface area contributed by atoms with Gasteiger partial charge in [-0.2, -0.15) is 0 Å². The average Bonchev–Trinajstić information content (AvgIpc) is 3.24. The van der Waals surface area contributed by atoms with Crippen LogP contribution in [0.5, 0.6) is 0 Å². The van der Waals surface area contributed by atoms with E-state index >= 15 is 0 Å². The Morgan fingerprint density at radius 3 is 2.60 bits per heavy atom. The molecule has 9 atom stereocenters. The first-order valence-corrected chi connectivity index (χ1v) is 11.4. The van der Waals surface area contributed by atoms with Gasteiger partial charge in [0.25, 0.3) is 0 Å². The summed E-state index contributed by atoms with van der Waals surface area (Å²) in [4.78, 5) is 0. The number of epoxide rings is 1. The second-order valence-corrected chi connectivity index (χ2v) is 11.2. The molecule has 6 aliphatic rings. The Morgan fingerprint density at radius 2 is 1.76 bits per heavy atom. The van der Waals surface area contributed by atoms with Crippen molar-refractivity contribution in [1.82, 2.24) is 0 Å². The zero-order chi connectivity index (χ0) is 16.9. The smallest absolute Gasteiger partial charge is 0.0949 e. The fraction of sp³-hybridized carbons (Fsp3) is 1.00. The Morgan fingerprint density at radius 1 is 0.880 bits per heavy atom. The van der Waals surface area contributed by atoms with Gasteiger partial charge < -0.3 is 9.84 Å². The second kappa shape index (κ2) is 5.04. The zero-order valence-corrected chi connectivity index (χ0v) is 16.0. The van der Waals surface area contributed by atoms with E-state index < -0.39 is 0 Å². The molecule has 2 heteroatoms. The lowest BCUT2D eigenvalue weighted by molar-refractivity contribution is -0.142. The summed E-state index contributed by atoms with van der Waals surface area (Å²) in [6, 6.07) is 0. The normalized spacial score (nSPS) is 62.6. The van der Waals surface area contributed by atoms with Crippen LogP contribution in [0.15, 0.2) is 0 Å². The Balaban J connectivity index is 1.33. The number of rotatable bonds is 0. The van der Waals surface area contributed by atoms with Crippen molar-refractivity contribution in [2.24, 2.45) is 40.4 Å². The predicted octanol–water partition coefficient (Wildman–Crippen LogP) is 4.94. The van der Waals surface area contributed by atoms with Gasteiger partial charge in [-0.15, -0.1) is 0 Å². The molecule has 1 saturated heterocycles. The molecule has 0 bridgehead atoms. The SMILES string of the molecule is C[C@]12CC[C@@H](O)C[C@@H]1CC[C@@H]1[C@@H]2CC[C@@]23CCC[C@]4(CO4)[C@H]2CC[C@@H]13. The monoisotopic (exact) mass is 344 g/mol. The molecule has 0 radical (unpaired) electrons. The Labute approximate surface area is 153 Å². The first-order chi connectivity index (χ1) is 12.1. The molecule has 1 heterocycles. The van der Waals surface area contributed by atoms with E-state index in [-0.39, 0.29) is 6.10 Å². The van der Waals surface area contributed by atoms with Gasteiger partial charge in [-0.25, -0.2) is 0 Å². The molecule has 6 fully saturated rings. The zero-order valence-electron chi connectivity index (χ0n) is 16.0. The van der Waals surface area contributed by atoms with Crippen LogP contribution in [0.25, 0.3) is 0 Å². The van der Waals surface area contributed by atoms with Gasteiger partial charge in [0.15, 0.2) is 0 Å². The van der Waals surface area contributed by atoms with Crippen LogP contribution in [-0.4, -0.2) is 23.4 Å². The molecule has 0 aromatic rings. The highest BCUT2D eigenvalue weighted by Gasteiger charge is 2.69. The molecule has 0 aromatic heterocycles. The van der Waals surface area contributed by atoms with Crippen LogP contribution < -0.4 is 0 Å². The molecule has 1 aliphatic heterocycles. The van der Waals surface area contributed by atoms with Crippen LogP contribution in [0.1, 0.15) is 84.0 Å². The van der Waals surface area contributed by atoms with Crippen molar-refractivity contribution in [3.8, 4) is 0 Å². The number of aliphatic hydroxyl groups is 1. The third-order valence-electron chi connectivity index (χ3n) is 10.7. The van der Waals surface area contributed by atoms with Gasteiger partial charge in [0.05, 0.1) is 18.3 Å². The molecule has 5 aliphatic carbocycles. The Bertz CT molecular complexity index is 568. The topological polar surface area (TPSA) is 32.8 Å². The van der Waals surface area contributed by atoms with Gasteiger partial charge in [0.2, 0.25) is 0 Å². The van der Waals surface area contributed by atoms with Gasteiger partial charge in [-0.3, -0.25) is 0 Å². The van der Waals surface area contributed by atoms with E-state index in [9.17, 15) is 5.11 Å². The summed E-state index contributed by atoms with van der Waals surface area (Å²) >= 11 is 0. The maximum absolute atomic E-state index is 10.2. The fourth-order valence-electron chi connectivity index (χ4n) is 9.65. The largest absolute Gasteiger partial charge is 0.393 e. The highest BCUT2D eigenvalue weighted by molar-refractivity contribution is 5.18. The third kappa shape index (κ3) is 1.94. The summed E-state index contributed by atoms with van der Waals surface area (Å²) in [5.41, 5.74) is 1.54. The van der Waals surface area contributed by atoms with Crippen LogP contribution >= 0.6 is 0 Å². The first-order valence-electron chi connectivity index (χ1n) is 11.4. The number of aliphatic hydroxyl groups excluding tert-OH is 1. The lowest BCUT2D eigenvalue weighted by atomic mass is 9.43. The van der Waals surface area contributed by atoms with Crippen molar-refractivity contribution >= 4 is 0 Å². The maximum Gasteiger partial charge on any atom is 0.0949 e. The van der Waals surface area contributed by atoms with Gasteiger partial charge in [0.1, 0.15) is 0 Å². The molecule has 2 spiro atoms. The first kappa shape index (κ1) is 15.9. The van der Waals surface area contributed by atoms with Gasteiger partial charge in [0, 0.05) is 0 Å². The van der Waals surface area contributed by atoms with Crippen LogP contribution in [0.2, 0.25) is 0 Å². The predicted molar refractivity (Wildman–Crippen MR) is 98.1 cm³/mol. The Kier molecular flexibility index (Phi) is 3.21. The molecule has 0 amide bonds. The molecule has 140 valence electrons. The summed E-state index contributed by atoms with van der Waals surface area (Å²) < 4.78 is 6.12. The second-order valence-electron chi connectivity index (χ2n) is 11.2. The van der Waals surface area contributed by atoms with Gasteiger partial charge in [-0.05, 0) is 117 Å². The van der Waals surface area contributed by atoms with E-state index in [4.69, 9.17) is 4.74 Å². The van der Waals surface area contributed by atoms with Crippen LogP contribution in [0.3, 0.4) is 0 Å². The van der Waals surface area contributed by atoms with Crippen molar-refractivity contribution in [2.75, 3.05) is 6.61 Å². The van der Waals surface area contributed by atoms with Crippen LogP contribution in [0, 0.1) is 40.4 Å². The summed E-state index contributed by atoms with van der Waals surface area (Å²) in [7, 11) is 0. The van der Waals surface area contributed by atoms with Crippen molar-refractivity contribution < 1.29 is 9.84 Å². The van der Waals surface area contributed by atoms with Crippen molar-refractivity contribution in [3.63, 3.8) is 0 Å². The minimum absolute atomic E-state index is 0.00867. The summed E-state index contributed by atoms with van der Waals surface area (Å²) in [6.45, 7) is 3.70. The highest BCUT2D eigenvalue weighted by Crippen LogP contribution is 2.73. The third-order valence-corrected chi connectivity index (χ3v) is 10.7. The number of hydrogen-bond acceptors (Lipinski definition) is 2. The summed E-state index contributed by atoms with van der Waals surface area (Å²) in [6.07, 6.45) is 16.5. The molecular weight excluding hydrogens is 308 g/mol.